The molecule has 0 unspecified atom stereocenters. The summed E-state index contributed by atoms with van der Waals surface area (Å²) in [7, 11) is -1.23. The smallest absolute Gasteiger partial charge is 0.189 e. The van der Waals surface area contributed by atoms with Crippen LogP contribution in [0.3, 0.4) is 0 Å². The number of hydrogen-bond acceptors (Lipinski definition) is 4. The van der Waals surface area contributed by atoms with Gasteiger partial charge in [-0.3, -0.25) is 4.21 Å². The molecule has 3 aliphatic rings. The molecule has 1 saturated heterocycles. The third kappa shape index (κ3) is 2.25. The van der Waals surface area contributed by atoms with Crippen LogP contribution in [0.4, 0.5) is 0 Å². The van der Waals surface area contributed by atoms with Gasteiger partial charge in [0.15, 0.2) is 5.79 Å². The van der Waals surface area contributed by atoms with Crippen LogP contribution in [-0.2, 0) is 20.3 Å². The summed E-state index contributed by atoms with van der Waals surface area (Å²) in [6.45, 7) is 7.90. The number of benzene rings is 1. The minimum atomic E-state index is -1.23. The molecule has 1 aromatic rings. The van der Waals surface area contributed by atoms with Gasteiger partial charge in [0.2, 0.25) is 0 Å². The van der Waals surface area contributed by atoms with Crippen LogP contribution in [0.2, 0.25) is 0 Å². The lowest BCUT2D eigenvalue weighted by Crippen LogP contribution is -2.56. The molecule has 3 fully saturated rings. The number of ether oxygens (including phenoxy) is 2. The molecule has 2 saturated carbocycles. The molecule has 1 N–H and O–H groups in total. The Kier molecular flexibility index (Phi) is 4.15. The average molecular weight is 365 g/mol. The van der Waals surface area contributed by atoms with E-state index < -0.39 is 22.7 Å². The summed E-state index contributed by atoms with van der Waals surface area (Å²) in [6, 6.07) is 9.47. The Morgan fingerprint density at radius 3 is 2.48 bits per heavy atom. The van der Waals surface area contributed by atoms with E-state index in [1.54, 1.807) is 0 Å². The molecule has 25 heavy (non-hydrogen) atoms. The maximum atomic E-state index is 13.4. The maximum absolute atomic E-state index is 13.4. The molecule has 0 amide bonds. The Labute approximate surface area is 152 Å². The standard InChI is InChI=1S/C20H28O4S/c1-18(2)15-9-10-19(18,3)20(23-11-12-24-20)17(15)25(22)13-16(21)14-7-5-4-6-8-14/h4-8,15-17,21H,9-13H2,1-3H3/t15-,16-,17+,19-,25-/m1/s1. The molecule has 2 bridgehead atoms. The molecule has 2 aliphatic carbocycles. The molecular weight excluding hydrogens is 336 g/mol. The number of aliphatic hydroxyl groups excluding tert-OH is 1. The zero-order valence-corrected chi connectivity index (χ0v) is 16.1. The number of rotatable bonds is 4. The Morgan fingerprint density at radius 2 is 1.84 bits per heavy atom. The first-order valence-electron chi connectivity index (χ1n) is 9.21. The first-order chi connectivity index (χ1) is 11.8. The summed E-state index contributed by atoms with van der Waals surface area (Å²) in [6.07, 6.45) is 1.37. The predicted octanol–water partition coefficient (Wildman–Crippen LogP) is 3.04. The Hall–Kier alpha value is -0.750. The second-order valence-corrected chi connectivity index (χ2v) is 10.1. The lowest BCUT2D eigenvalue weighted by Gasteiger charge is -2.46. The van der Waals surface area contributed by atoms with E-state index in [-0.39, 0.29) is 21.8 Å². The molecule has 1 aliphatic heterocycles. The van der Waals surface area contributed by atoms with E-state index in [9.17, 15) is 9.32 Å². The molecule has 0 aromatic heterocycles. The van der Waals surface area contributed by atoms with E-state index in [2.05, 4.69) is 20.8 Å². The van der Waals surface area contributed by atoms with E-state index in [0.717, 1.165) is 18.4 Å². The lowest BCUT2D eigenvalue weighted by molar-refractivity contribution is -0.233. The zero-order chi connectivity index (χ0) is 17.9. The minimum Gasteiger partial charge on any atom is -0.387 e. The molecule has 4 rings (SSSR count). The maximum Gasteiger partial charge on any atom is 0.189 e. The fourth-order valence-corrected chi connectivity index (χ4v) is 7.86. The molecule has 4 nitrogen and oxygen atoms in total. The predicted molar refractivity (Wildman–Crippen MR) is 97.4 cm³/mol. The first-order valence-corrected chi connectivity index (χ1v) is 10.6. The van der Waals surface area contributed by atoms with Crippen molar-refractivity contribution in [1.29, 1.82) is 0 Å². The van der Waals surface area contributed by atoms with Gasteiger partial charge in [-0.15, -0.1) is 0 Å². The first kappa shape index (κ1) is 17.7. The molecule has 5 atom stereocenters. The van der Waals surface area contributed by atoms with Crippen molar-refractivity contribution >= 4 is 10.8 Å². The highest BCUT2D eigenvalue weighted by Crippen LogP contribution is 2.72. The summed E-state index contributed by atoms with van der Waals surface area (Å²) >= 11 is 0. The molecule has 0 radical (unpaired) electrons. The van der Waals surface area contributed by atoms with E-state index >= 15 is 0 Å². The van der Waals surface area contributed by atoms with Gasteiger partial charge in [0.1, 0.15) is 0 Å². The van der Waals surface area contributed by atoms with Crippen molar-refractivity contribution in [2.24, 2.45) is 16.7 Å². The topological polar surface area (TPSA) is 55.8 Å². The number of aliphatic hydroxyl groups is 1. The van der Waals surface area contributed by atoms with Crippen LogP contribution in [0.15, 0.2) is 30.3 Å². The largest absolute Gasteiger partial charge is 0.387 e. The molecule has 138 valence electrons. The van der Waals surface area contributed by atoms with Crippen molar-refractivity contribution in [3.05, 3.63) is 35.9 Å². The van der Waals surface area contributed by atoms with Crippen molar-refractivity contribution in [2.45, 2.75) is 50.8 Å². The zero-order valence-electron chi connectivity index (χ0n) is 15.2. The fraction of sp³-hybridized carbons (Fsp3) is 0.700. The third-order valence-electron chi connectivity index (χ3n) is 7.32. The molecule has 1 heterocycles. The summed E-state index contributed by atoms with van der Waals surface area (Å²) in [5.41, 5.74) is 0.681. The van der Waals surface area contributed by atoms with Gasteiger partial charge in [0.05, 0.1) is 30.3 Å². The van der Waals surface area contributed by atoms with Crippen molar-refractivity contribution in [3.63, 3.8) is 0 Å². The van der Waals surface area contributed by atoms with Crippen molar-refractivity contribution in [1.82, 2.24) is 0 Å². The van der Waals surface area contributed by atoms with E-state index in [0.29, 0.717) is 19.1 Å². The van der Waals surface area contributed by atoms with Gasteiger partial charge in [0, 0.05) is 16.2 Å². The molecule has 5 heteroatoms. The molecule has 1 aromatic carbocycles. The quantitative estimate of drug-likeness (QED) is 0.892. The Morgan fingerprint density at radius 1 is 1.20 bits per heavy atom. The van der Waals surface area contributed by atoms with Gasteiger partial charge in [-0.05, 0) is 29.7 Å². The average Bonchev–Trinajstić information content (AvgIpc) is 3.19. The summed E-state index contributed by atoms with van der Waals surface area (Å²) in [5, 5.41) is 10.4. The summed E-state index contributed by atoms with van der Waals surface area (Å²) < 4.78 is 25.8. The van der Waals surface area contributed by atoms with Gasteiger partial charge < -0.3 is 14.6 Å². The lowest BCUT2D eigenvalue weighted by atomic mass is 9.68. The van der Waals surface area contributed by atoms with Crippen LogP contribution in [-0.4, -0.2) is 39.3 Å². The molecular formula is C20H28O4S. The third-order valence-corrected chi connectivity index (χ3v) is 9.17. The van der Waals surface area contributed by atoms with Crippen LogP contribution in [0, 0.1) is 16.7 Å². The van der Waals surface area contributed by atoms with E-state index in [4.69, 9.17) is 9.47 Å². The van der Waals surface area contributed by atoms with Crippen LogP contribution < -0.4 is 0 Å². The van der Waals surface area contributed by atoms with Gasteiger partial charge in [-0.25, -0.2) is 0 Å². The van der Waals surface area contributed by atoms with Crippen molar-refractivity contribution in [2.75, 3.05) is 19.0 Å². The fourth-order valence-electron chi connectivity index (χ4n) is 5.57. The van der Waals surface area contributed by atoms with Crippen molar-refractivity contribution in [3.8, 4) is 0 Å². The second kappa shape index (κ2) is 5.88. The van der Waals surface area contributed by atoms with Crippen LogP contribution in [0.25, 0.3) is 0 Å². The van der Waals surface area contributed by atoms with Gasteiger partial charge in [0.25, 0.3) is 0 Å². The summed E-state index contributed by atoms with van der Waals surface area (Å²) in [4.78, 5) is 0. The Balaban J connectivity index is 1.64. The molecule has 1 spiro atoms. The minimum absolute atomic E-state index is 0.00929. The second-order valence-electron chi connectivity index (χ2n) is 8.46. The monoisotopic (exact) mass is 364 g/mol. The van der Waals surface area contributed by atoms with Crippen LogP contribution in [0.1, 0.15) is 45.3 Å². The highest BCUT2D eigenvalue weighted by Gasteiger charge is 2.77. The van der Waals surface area contributed by atoms with Gasteiger partial charge >= 0.3 is 0 Å². The van der Waals surface area contributed by atoms with Gasteiger partial charge in [-0.1, -0.05) is 51.1 Å². The number of fused-ring (bicyclic) bond motifs is 3. The SMILES string of the molecule is CC1(C)[C@@H]2CC[C@@]1(C)C1(OCCO1)[C@H]2[S@](=O)C[C@@H](O)c1ccccc1. The van der Waals surface area contributed by atoms with Crippen LogP contribution >= 0.6 is 0 Å². The number of hydrogen-bond donors (Lipinski definition) is 1. The highest BCUT2D eigenvalue weighted by atomic mass is 32.2. The normalized spacial score (nSPS) is 37.4. The Bertz CT molecular complexity index is 668. The van der Waals surface area contributed by atoms with E-state index in [1.165, 1.54) is 0 Å². The summed E-state index contributed by atoms with van der Waals surface area (Å²) in [5.74, 6) is -0.244. The van der Waals surface area contributed by atoms with Crippen LogP contribution in [0.5, 0.6) is 0 Å². The van der Waals surface area contributed by atoms with Crippen molar-refractivity contribution < 1.29 is 18.8 Å². The van der Waals surface area contributed by atoms with Gasteiger partial charge in [-0.2, -0.15) is 0 Å². The van der Waals surface area contributed by atoms with E-state index in [1.807, 2.05) is 30.3 Å². The highest BCUT2D eigenvalue weighted by molar-refractivity contribution is 7.85.